The normalized spacial score (nSPS) is 20.9. The SMILES string of the molecule is CN=C(NCCCCN1C(=O)c2ccccc2C1=O)NCC1(CCO)CCOC1.I. The molecule has 9 heteroatoms. The predicted molar refractivity (Wildman–Crippen MR) is 125 cm³/mol. The van der Waals surface area contributed by atoms with Gasteiger partial charge >= 0.3 is 0 Å². The minimum Gasteiger partial charge on any atom is -0.396 e. The molecule has 0 bridgehead atoms. The number of nitrogens with zero attached hydrogens (tertiary/aromatic N) is 2. The monoisotopic (exact) mass is 530 g/mol. The summed E-state index contributed by atoms with van der Waals surface area (Å²) < 4.78 is 5.51. The highest BCUT2D eigenvalue weighted by atomic mass is 127. The molecule has 0 radical (unpaired) electrons. The summed E-state index contributed by atoms with van der Waals surface area (Å²) in [6, 6.07) is 6.95. The third-order valence-corrected chi connectivity index (χ3v) is 5.66. The van der Waals surface area contributed by atoms with Gasteiger partial charge in [-0.05, 0) is 37.8 Å². The van der Waals surface area contributed by atoms with E-state index in [-0.39, 0.29) is 47.8 Å². The lowest BCUT2D eigenvalue weighted by Gasteiger charge is -2.27. The maximum absolute atomic E-state index is 12.4. The summed E-state index contributed by atoms with van der Waals surface area (Å²) >= 11 is 0. The molecular formula is C21H31IN4O4. The van der Waals surface area contributed by atoms with E-state index in [4.69, 9.17) is 4.74 Å². The van der Waals surface area contributed by atoms with Crippen molar-refractivity contribution in [2.45, 2.75) is 25.7 Å². The number of aliphatic imine (C=N–C) groups is 1. The van der Waals surface area contributed by atoms with Crippen molar-refractivity contribution in [3.63, 3.8) is 0 Å². The molecule has 1 aromatic carbocycles. The lowest BCUT2D eigenvalue weighted by atomic mass is 9.84. The van der Waals surface area contributed by atoms with E-state index < -0.39 is 0 Å². The van der Waals surface area contributed by atoms with Crippen molar-refractivity contribution in [2.24, 2.45) is 10.4 Å². The number of unbranched alkanes of at least 4 members (excludes halogenated alkanes) is 1. The molecule has 1 unspecified atom stereocenters. The van der Waals surface area contributed by atoms with Crippen LogP contribution < -0.4 is 10.6 Å². The van der Waals surface area contributed by atoms with Crippen molar-refractivity contribution in [1.29, 1.82) is 0 Å². The Morgan fingerprint density at radius 3 is 2.47 bits per heavy atom. The number of hydrogen-bond donors (Lipinski definition) is 3. The number of rotatable bonds is 9. The fraction of sp³-hybridized carbons (Fsp3) is 0.571. The van der Waals surface area contributed by atoms with Gasteiger partial charge in [-0.1, -0.05) is 12.1 Å². The molecule has 8 nitrogen and oxygen atoms in total. The third-order valence-electron chi connectivity index (χ3n) is 5.66. The topological polar surface area (TPSA) is 103 Å². The number of amides is 2. The highest BCUT2D eigenvalue weighted by Crippen LogP contribution is 2.31. The van der Waals surface area contributed by atoms with E-state index in [1.54, 1.807) is 31.3 Å². The van der Waals surface area contributed by atoms with Gasteiger partial charge in [-0.25, -0.2) is 0 Å². The first-order chi connectivity index (χ1) is 14.1. The zero-order valence-corrected chi connectivity index (χ0v) is 19.7. The van der Waals surface area contributed by atoms with Gasteiger partial charge in [0.2, 0.25) is 0 Å². The first-order valence-corrected chi connectivity index (χ1v) is 10.2. The lowest BCUT2D eigenvalue weighted by Crippen LogP contribution is -2.44. The van der Waals surface area contributed by atoms with Crippen LogP contribution in [0.15, 0.2) is 29.3 Å². The van der Waals surface area contributed by atoms with Crippen LogP contribution in [0.3, 0.4) is 0 Å². The number of halogens is 1. The van der Waals surface area contributed by atoms with Gasteiger partial charge in [-0.3, -0.25) is 19.5 Å². The molecule has 166 valence electrons. The number of aliphatic hydroxyl groups excluding tert-OH is 1. The van der Waals surface area contributed by atoms with E-state index in [0.29, 0.717) is 49.7 Å². The van der Waals surface area contributed by atoms with Crippen molar-refractivity contribution in [3.05, 3.63) is 35.4 Å². The van der Waals surface area contributed by atoms with Gasteiger partial charge in [0.25, 0.3) is 11.8 Å². The number of benzene rings is 1. The quantitative estimate of drug-likeness (QED) is 0.148. The zero-order valence-electron chi connectivity index (χ0n) is 17.4. The highest BCUT2D eigenvalue weighted by Gasteiger charge is 2.35. The Morgan fingerprint density at radius 2 is 1.90 bits per heavy atom. The maximum atomic E-state index is 12.4. The van der Waals surface area contributed by atoms with Crippen LogP contribution in [0, 0.1) is 5.41 Å². The number of carbonyl (C=O) groups is 2. The Balaban J connectivity index is 0.00000320. The van der Waals surface area contributed by atoms with Gasteiger partial charge in [-0.15, -0.1) is 24.0 Å². The first kappa shape index (κ1) is 24.5. The van der Waals surface area contributed by atoms with Crippen LogP contribution in [0.4, 0.5) is 0 Å². The summed E-state index contributed by atoms with van der Waals surface area (Å²) in [5.74, 6) is 0.294. The van der Waals surface area contributed by atoms with Gasteiger partial charge in [0.15, 0.2) is 5.96 Å². The second-order valence-corrected chi connectivity index (χ2v) is 7.64. The molecule has 0 saturated carbocycles. The van der Waals surface area contributed by atoms with Crippen LogP contribution in [0.2, 0.25) is 0 Å². The number of aliphatic hydroxyl groups is 1. The van der Waals surface area contributed by atoms with Crippen molar-refractivity contribution < 1.29 is 19.4 Å². The summed E-state index contributed by atoms with van der Waals surface area (Å²) in [5.41, 5.74) is 0.943. The average molecular weight is 530 g/mol. The summed E-state index contributed by atoms with van der Waals surface area (Å²) in [6.07, 6.45) is 3.16. The van der Waals surface area contributed by atoms with E-state index in [0.717, 1.165) is 25.9 Å². The Kier molecular flexibility index (Phi) is 9.50. The second kappa shape index (κ2) is 11.6. The van der Waals surface area contributed by atoms with Gasteiger partial charge in [-0.2, -0.15) is 0 Å². The van der Waals surface area contributed by atoms with Crippen molar-refractivity contribution in [3.8, 4) is 0 Å². The molecule has 1 atom stereocenters. The molecule has 3 N–H and O–H groups in total. The Bertz CT molecular complexity index is 730. The van der Waals surface area contributed by atoms with Gasteiger partial charge in [0, 0.05) is 45.3 Å². The van der Waals surface area contributed by atoms with Crippen molar-refractivity contribution >= 4 is 41.8 Å². The molecule has 1 saturated heterocycles. The number of guanidine groups is 1. The van der Waals surface area contributed by atoms with Crippen molar-refractivity contribution in [2.75, 3.05) is 46.5 Å². The molecule has 0 spiro atoms. The molecule has 2 aliphatic heterocycles. The lowest BCUT2D eigenvalue weighted by molar-refractivity contribution is 0.0652. The van der Waals surface area contributed by atoms with Crippen LogP contribution in [-0.4, -0.2) is 74.3 Å². The molecule has 3 rings (SSSR count). The number of ether oxygens (including phenoxy) is 1. The first-order valence-electron chi connectivity index (χ1n) is 10.2. The molecule has 2 amide bonds. The number of hydrogen-bond acceptors (Lipinski definition) is 5. The van der Waals surface area contributed by atoms with Gasteiger partial charge in [0.05, 0.1) is 17.7 Å². The molecule has 2 heterocycles. The van der Waals surface area contributed by atoms with E-state index in [1.807, 2.05) is 0 Å². The molecule has 0 aliphatic carbocycles. The predicted octanol–water partition coefficient (Wildman–Crippen LogP) is 1.63. The fourth-order valence-corrected chi connectivity index (χ4v) is 3.85. The minimum absolute atomic E-state index is 0. The zero-order chi connectivity index (χ0) is 20.7. The van der Waals surface area contributed by atoms with Gasteiger partial charge < -0.3 is 20.5 Å². The number of imide groups is 1. The molecular weight excluding hydrogens is 499 g/mol. The van der Waals surface area contributed by atoms with Gasteiger partial charge in [0.1, 0.15) is 0 Å². The Morgan fingerprint density at radius 1 is 1.20 bits per heavy atom. The fourth-order valence-electron chi connectivity index (χ4n) is 3.85. The third kappa shape index (κ3) is 5.70. The molecule has 2 aliphatic rings. The largest absolute Gasteiger partial charge is 0.396 e. The Hall–Kier alpha value is -1.72. The summed E-state index contributed by atoms with van der Waals surface area (Å²) in [5, 5.41) is 15.9. The average Bonchev–Trinajstić information content (AvgIpc) is 3.29. The second-order valence-electron chi connectivity index (χ2n) is 7.64. The van der Waals surface area contributed by atoms with E-state index in [2.05, 4.69) is 15.6 Å². The molecule has 0 aromatic heterocycles. The smallest absolute Gasteiger partial charge is 0.261 e. The van der Waals surface area contributed by atoms with Crippen molar-refractivity contribution in [1.82, 2.24) is 15.5 Å². The minimum atomic E-state index is -0.205. The van der Waals surface area contributed by atoms with Crippen LogP contribution in [-0.2, 0) is 4.74 Å². The molecule has 30 heavy (non-hydrogen) atoms. The van der Waals surface area contributed by atoms with Crippen LogP contribution in [0.1, 0.15) is 46.4 Å². The Labute approximate surface area is 194 Å². The highest BCUT2D eigenvalue weighted by molar-refractivity contribution is 14.0. The van der Waals surface area contributed by atoms with E-state index in [9.17, 15) is 14.7 Å². The van der Waals surface area contributed by atoms with E-state index in [1.165, 1.54) is 4.90 Å². The van der Waals surface area contributed by atoms with E-state index >= 15 is 0 Å². The molecule has 1 fully saturated rings. The van der Waals surface area contributed by atoms with Crippen LogP contribution >= 0.6 is 24.0 Å². The standard InChI is InChI=1S/C21H30N4O4.HI/c1-22-20(24-14-21(8-12-26)9-13-29-15-21)23-10-4-5-11-25-18(27)16-6-2-3-7-17(16)19(25)28;/h2-3,6-7,26H,4-5,8-15H2,1H3,(H2,22,23,24);1H. The summed E-state index contributed by atoms with van der Waals surface area (Å²) in [6.45, 7) is 3.32. The van der Waals surface area contributed by atoms with Crippen LogP contribution in [0.5, 0.6) is 0 Å². The number of nitrogens with one attached hydrogen (secondary N) is 2. The number of fused-ring (bicyclic) bond motifs is 1. The summed E-state index contributed by atoms with van der Waals surface area (Å²) in [7, 11) is 1.72. The molecule has 1 aromatic rings. The maximum Gasteiger partial charge on any atom is 0.261 e. The van der Waals surface area contributed by atoms with Crippen LogP contribution in [0.25, 0.3) is 0 Å². The summed E-state index contributed by atoms with van der Waals surface area (Å²) in [4.78, 5) is 30.3. The number of carbonyl (C=O) groups excluding carboxylic acids is 2.